The molecule has 4 heteroatoms. The summed E-state index contributed by atoms with van der Waals surface area (Å²) in [5.74, 6) is 1.43. The van der Waals surface area contributed by atoms with E-state index in [2.05, 4.69) is 0 Å². The van der Waals surface area contributed by atoms with Crippen molar-refractivity contribution in [1.29, 1.82) is 0 Å². The van der Waals surface area contributed by atoms with Crippen LogP contribution in [0.2, 0.25) is 5.02 Å². The predicted octanol–water partition coefficient (Wildman–Crippen LogP) is 3.96. The van der Waals surface area contributed by atoms with Crippen LogP contribution in [0.15, 0.2) is 18.2 Å². The van der Waals surface area contributed by atoms with Crippen LogP contribution in [0, 0.1) is 5.92 Å². The first kappa shape index (κ1) is 14.6. The van der Waals surface area contributed by atoms with Gasteiger partial charge >= 0.3 is 0 Å². The van der Waals surface area contributed by atoms with E-state index in [0.717, 1.165) is 16.3 Å². The minimum atomic E-state index is 0. The van der Waals surface area contributed by atoms with Crippen molar-refractivity contribution in [2.45, 2.75) is 31.7 Å². The minimum Gasteiger partial charge on any atom is -0.496 e. The van der Waals surface area contributed by atoms with Crippen molar-refractivity contribution in [3.05, 3.63) is 28.8 Å². The van der Waals surface area contributed by atoms with Crippen molar-refractivity contribution in [2.24, 2.45) is 11.7 Å². The zero-order valence-electron chi connectivity index (χ0n) is 9.99. The number of hydrogen-bond donors (Lipinski definition) is 1. The topological polar surface area (TPSA) is 35.2 Å². The number of ether oxygens (including phenoxy) is 1. The summed E-state index contributed by atoms with van der Waals surface area (Å²) in [6, 6.07) is 5.72. The maximum Gasteiger partial charge on any atom is 0.123 e. The Morgan fingerprint density at radius 1 is 1.35 bits per heavy atom. The number of rotatable bonds is 3. The van der Waals surface area contributed by atoms with E-state index in [1.165, 1.54) is 25.7 Å². The molecular weight excluding hydrogens is 257 g/mol. The van der Waals surface area contributed by atoms with Crippen molar-refractivity contribution in [2.75, 3.05) is 7.11 Å². The summed E-state index contributed by atoms with van der Waals surface area (Å²) < 4.78 is 5.34. The van der Waals surface area contributed by atoms with Crippen molar-refractivity contribution >= 4 is 24.0 Å². The molecule has 0 unspecified atom stereocenters. The molecule has 1 atom stereocenters. The molecule has 17 heavy (non-hydrogen) atoms. The van der Waals surface area contributed by atoms with E-state index < -0.39 is 0 Å². The van der Waals surface area contributed by atoms with Gasteiger partial charge in [-0.2, -0.15) is 0 Å². The van der Waals surface area contributed by atoms with Crippen LogP contribution in [-0.2, 0) is 0 Å². The van der Waals surface area contributed by atoms with Crippen LogP contribution in [0.5, 0.6) is 5.75 Å². The highest BCUT2D eigenvalue weighted by molar-refractivity contribution is 6.30. The number of hydrogen-bond acceptors (Lipinski definition) is 2. The van der Waals surface area contributed by atoms with E-state index in [-0.39, 0.29) is 18.4 Å². The molecule has 0 amide bonds. The average Bonchev–Trinajstić information content (AvgIpc) is 2.81. The highest BCUT2D eigenvalue weighted by atomic mass is 35.5. The Hall–Kier alpha value is -0.440. The summed E-state index contributed by atoms with van der Waals surface area (Å²) in [6.45, 7) is 0. The molecule has 1 saturated carbocycles. The molecule has 0 aromatic heterocycles. The van der Waals surface area contributed by atoms with Crippen molar-refractivity contribution in [1.82, 2.24) is 0 Å². The van der Waals surface area contributed by atoms with Gasteiger partial charge in [-0.25, -0.2) is 0 Å². The molecule has 0 aliphatic heterocycles. The van der Waals surface area contributed by atoms with Gasteiger partial charge in [0.1, 0.15) is 5.75 Å². The summed E-state index contributed by atoms with van der Waals surface area (Å²) >= 11 is 6.01. The quantitative estimate of drug-likeness (QED) is 0.906. The van der Waals surface area contributed by atoms with Gasteiger partial charge in [0.15, 0.2) is 0 Å². The molecule has 0 radical (unpaired) electrons. The third kappa shape index (κ3) is 3.27. The first-order valence-electron chi connectivity index (χ1n) is 5.81. The smallest absolute Gasteiger partial charge is 0.123 e. The molecule has 2 N–H and O–H groups in total. The van der Waals surface area contributed by atoms with Gasteiger partial charge < -0.3 is 10.5 Å². The molecule has 1 aliphatic rings. The monoisotopic (exact) mass is 275 g/mol. The van der Waals surface area contributed by atoms with Crippen LogP contribution >= 0.6 is 24.0 Å². The highest BCUT2D eigenvalue weighted by Gasteiger charge is 2.25. The zero-order chi connectivity index (χ0) is 11.5. The van der Waals surface area contributed by atoms with Crippen LogP contribution in [-0.4, -0.2) is 7.11 Å². The molecule has 0 bridgehead atoms. The Bertz CT molecular complexity index is 364. The Kier molecular flexibility index (Phi) is 5.57. The second-order valence-corrected chi connectivity index (χ2v) is 4.89. The fourth-order valence-electron chi connectivity index (χ4n) is 2.54. The highest BCUT2D eigenvalue weighted by Crippen LogP contribution is 2.38. The van der Waals surface area contributed by atoms with Crippen molar-refractivity contribution in [3.63, 3.8) is 0 Å². The molecule has 2 rings (SSSR count). The molecule has 1 aromatic carbocycles. The van der Waals surface area contributed by atoms with Gasteiger partial charge in [-0.15, -0.1) is 12.4 Å². The van der Waals surface area contributed by atoms with E-state index in [0.29, 0.717) is 5.92 Å². The third-order valence-electron chi connectivity index (χ3n) is 3.46. The SMILES string of the molecule is COc1ccc(Cl)cc1[C@H](N)C1CCCC1.Cl. The summed E-state index contributed by atoms with van der Waals surface area (Å²) in [4.78, 5) is 0. The van der Waals surface area contributed by atoms with Gasteiger partial charge in [0.05, 0.1) is 7.11 Å². The minimum absolute atomic E-state index is 0. The third-order valence-corrected chi connectivity index (χ3v) is 3.69. The molecule has 96 valence electrons. The van der Waals surface area contributed by atoms with Crippen LogP contribution < -0.4 is 10.5 Å². The van der Waals surface area contributed by atoms with Crippen LogP contribution in [0.25, 0.3) is 0 Å². The van der Waals surface area contributed by atoms with Crippen LogP contribution in [0.1, 0.15) is 37.3 Å². The van der Waals surface area contributed by atoms with Gasteiger partial charge in [0, 0.05) is 16.6 Å². The van der Waals surface area contributed by atoms with Gasteiger partial charge in [0.2, 0.25) is 0 Å². The average molecular weight is 276 g/mol. The van der Waals surface area contributed by atoms with Gasteiger partial charge in [0.25, 0.3) is 0 Å². The number of benzene rings is 1. The molecule has 2 nitrogen and oxygen atoms in total. The van der Waals surface area contributed by atoms with E-state index in [1.807, 2.05) is 18.2 Å². The van der Waals surface area contributed by atoms with Crippen molar-refractivity contribution in [3.8, 4) is 5.75 Å². The van der Waals surface area contributed by atoms with Crippen LogP contribution in [0.4, 0.5) is 0 Å². The summed E-state index contributed by atoms with van der Waals surface area (Å²) in [5.41, 5.74) is 7.35. The summed E-state index contributed by atoms with van der Waals surface area (Å²) in [5, 5.41) is 0.726. The Morgan fingerprint density at radius 3 is 2.59 bits per heavy atom. The lowest BCUT2D eigenvalue weighted by Crippen LogP contribution is -2.19. The van der Waals surface area contributed by atoms with E-state index in [1.54, 1.807) is 7.11 Å². The zero-order valence-corrected chi connectivity index (χ0v) is 11.6. The molecule has 1 aromatic rings. The Labute approximate surface area is 114 Å². The number of nitrogens with two attached hydrogens (primary N) is 1. The van der Waals surface area contributed by atoms with Crippen molar-refractivity contribution < 1.29 is 4.74 Å². The predicted molar refractivity (Wildman–Crippen MR) is 74.1 cm³/mol. The summed E-state index contributed by atoms with van der Waals surface area (Å²) in [7, 11) is 1.67. The normalized spacial score (nSPS) is 17.6. The lowest BCUT2D eigenvalue weighted by Gasteiger charge is -2.21. The first-order chi connectivity index (χ1) is 7.72. The Morgan fingerprint density at radius 2 is 2.00 bits per heavy atom. The Balaban J connectivity index is 0.00000144. The van der Waals surface area contributed by atoms with Gasteiger partial charge in [-0.05, 0) is 37.0 Å². The number of methoxy groups -OCH3 is 1. The number of halogens is 2. The largest absolute Gasteiger partial charge is 0.496 e. The molecule has 1 aliphatic carbocycles. The first-order valence-corrected chi connectivity index (χ1v) is 6.19. The fourth-order valence-corrected chi connectivity index (χ4v) is 2.72. The van der Waals surface area contributed by atoms with E-state index in [4.69, 9.17) is 22.1 Å². The standard InChI is InChI=1S/C13H18ClNO.ClH/c1-16-12-7-6-10(14)8-11(12)13(15)9-4-2-3-5-9;/h6-9,13H,2-5,15H2,1H3;1H/t13-;/m1./s1. The van der Waals surface area contributed by atoms with Gasteiger partial charge in [-0.1, -0.05) is 24.4 Å². The molecule has 1 fully saturated rings. The molecular formula is C13H19Cl2NO. The second-order valence-electron chi connectivity index (χ2n) is 4.46. The van der Waals surface area contributed by atoms with E-state index >= 15 is 0 Å². The molecule has 0 heterocycles. The summed E-state index contributed by atoms with van der Waals surface area (Å²) in [6.07, 6.45) is 5.02. The molecule has 0 spiro atoms. The lowest BCUT2D eigenvalue weighted by molar-refractivity contribution is 0.385. The maximum absolute atomic E-state index is 6.31. The maximum atomic E-state index is 6.31. The lowest BCUT2D eigenvalue weighted by atomic mass is 9.92. The second kappa shape index (κ2) is 6.48. The fraction of sp³-hybridized carbons (Fsp3) is 0.538. The molecule has 0 saturated heterocycles. The van der Waals surface area contributed by atoms with E-state index in [9.17, 15) is 0 Å². The van der Waals surface area contributed by atoms with Crippen LogP contribution in [0.3, 0.4) is 0 Å². The van der Waals surface area contributed by atoms with Gasteiger partial charge in [-0.3, -0.25) is 0 Å².